The molecular weight excluding hydrogens is 234 g/mol. The number of nitrogens with one attached hydrogen (secondary N) is 1. The summed E-state index contributed by atoms with van der Waals surface area (Å²) in [6, 6.07) is 8.91. The first-order valence-electron chi connectivity index (χ1n) is 5.78. The Balaban J connectivity index is 2.37. The van der Waals surface area contributed by atoms with Gasteiger partial charge in [0.25, 0.3) is 0 Å². The predicted molar refractivity (Wildman–Crippen MR) is 67.1 cm³/mol. The van der Waals surface area contributed by atoms with E-state index in [4.69, 9.17) is 14.6 Å². The van der Waals surface area contributed by atoms with Crippen molar-refractivity contribution in [1.82, 2.24) is 5.32 Å². The van der Waals surface area contributed by atoms with Gasteiger partial charge in [-0.15, -0.1) is 0 Å². The average molecular weight is 253 g/mol. The monoisotopic (exact) mass is 253 g/mol. The fourth-order valence-electron chi connectivity index (χ4n) is 1.39. The van der Waals surface area contributed by atoms with Crippen LogP contribution in [0.15, 0.2) is 30.3 Å². The normalized spacial score (nSPS) is 13.7. The minimum absolute atomic E-state index is 0.199. The first kappa shape index (κ1) is 14.5. The average Bonchev–Trinajstić information content (AvgIpc) is 2.42. The number of carbonyl (C=O) groups is 1. The molecule has 5 nitrogen and oxygen atoms in total. The molecular formula is C13H19NO4. The van der Waals surface area contributed by atoms with Gasteiger partial charge in [-0.1, -0.05) is 30.3 Å². The molecule has 0 saturated heterocycles. The third kappa shape index (κ3) is 4.73. The number of methoxy groups -OCH3 is 1. The van der Waals surface area contributed by atoms with Crippen LogP contribution in [0, 0.1) is 0 Å². The second-order valence-electron chi connectivity index (χ2n) is 3.94. The molecule has 0 heterocycles. The third-order valence-corrected chi connectivity index (χ3v) is 2.65. The molecule has 0 unspecified atom stereocenters. The first-order chi connectivity index (χ1) is 8.67. The van der Waals surface area contributed by atoms with Crippen LogP contribution >= 0.6 is 0 Å². The Hall–Kier alpha value is -1.59. The maximum Gasteiger partial charge on any atom is 0.407 e. The van der Waals surface area contributed by atoms with Crippen LogP contribution in [0.5, 0.6) is 0 Å². The number of alkyl carbamates (subject to hydrolysis) is 1. The minimum atomic E-state index is -0.568. The van der Waals surface area contributed by atoms with E-state index in [1.54, 1.807) is 6.92 Å². The van der Waals surface area contributed by atoms with Gasteiger partial charge in [0.15, 0.2) is 0 Å². The maximum absolute atomic E-state index is 11.5. The number of aliphatic hydroxyl groups is 1. The lowest BCUT2D eigenvalue weighted by Crippen LogP contribution is -2.45. The number of rotatable bonds is 6. The summed E-state index contributed by atoms with van der Waals surface area (Å²) < 4.78 is 10.1. The summed E-state index contributed by atoms with van der Waals surface area (Å²) in [5, 5.41) is 11.7. The second-order valence-corrected chi connectivity index (χ2v) is 3.94. The predicted octanol–water partition coefficient (Wildman–Crippen LogP) is 1.31. The Bertz CT molecular complexity index is 355. The van der Waals surface area contributed by atoms with Crippen molar-refractivity contribution in [2.75, 3.05) is 13.7 Å². The van der Waals surface area contributed by atoms with E-state index in [0.717, 1.165) is 5.56 Å². The van der Waals surface area contributed by atoms with E-state index in [2.05, 4.69) is 5.32 Å². The molecule has 5 heteroatoms. The number of aliphatic hydroxyl groups excluding tert-OH is 1. The summed E-state index contributed by atoms with van der Waals surface area (Å²) >= 11 is 0. The van der Waals surface area contributed by atoms with Gasteiger partial charge in [-0.25, -0.2) is 4.79 Å². The van der Waals surface area contributed by atoms with E-state index in [0.29, 0.717) is 0 Å². The summed E-state index contributed by atoms with van der Waals surface area (Å²) in [6.07, 6.45) is -0.846. The molecule has 1 rings (SSSR count). The number of ether oxygens (including phenoxy) is 2. The number of hydrogen-bond donors (Lipinski definition) is 2. The highest BCUT2D eigenvalue weighted by Gasteiger charge is 2.18. The fourth-order valence-corrected chi connectivity index (χ4v) is 1.39. The van der Waals surface area contributed by atoms with Gasteiger partial charge in [0.2, 0.25) is 0 Å². The van der Waals surface area contributed by atoms with Crippen molar-refractivity contribution in [3.8, 4) is 0 Å². The topological polar surface area (TPSA) is 67.8 Å². The lowest BCUT2D eigenvalue weighted by atomic mass is 10.2. The molecule has 2 atom stereocenters. The molecule has 0 spiro atoms. The highest BCUT2D eigenvalue weighted by Crippen LogP contribution is 2.02. The number of hydrogen-bond acceptors (Lipinski definition) is 4. The van der Waals surface area contributed by atoms with E-state index in [1.807, 2.05) is 30.3 Å². The van der Waals surface area contributed by atoms with Crippen molar-refractivity contribution in [2.45, 2.75) is 25.7 Å². The molecule has 0 fully saturated rings. The largest absolute Gasteiger partial charge is 0.445 e. The third-order valence-electron chi connectivity index (χ3n) is 2.65. The van der Waals surface area contributed by atoms with Gasteiger partial charge in [-0.05, 0) is 12.5 Å². The molecule has 1 aromatic carbocycles. The molecule has 2 N–H and O–H groups in total. The Kier molecular flexibility index (Phi) is 6.18. The SMILES string of the molecule is CO[C@H](C)[C@@H](CO)NC(=O)OCc1ccccc1. The van der Waals surface area contributed by atoms with Crippen molar-refractivity contribution in [3.63, 3.8) is 0 Å². The Morgan fingerprint density at radius 1 is 1.39 bits per heavy atom. The van der Waals surface area contributed by atoms with Gasteiger partial charge in [0.1, 0.15) is 6.61 Å². The van der Waals surface area contributed by atoms with Gasteiger partial charge in [-0.2, -0.15) is 0 Å². The fraction of sp³-hybridized carbons (Fsp3) is 0.462. The molecule has 1 aromatic rings. The molecule has 0 aliphatic heterocycles. The quantitative estimate of drug-likeness (QED) is 0.802. The molecule has 0 aliphatic rings. The lowest BCUT2D eigenvalue weighted by molar-refractivity contribution is 0.0527. The Morgan fingerprint density at radius 3 is 2.61 bits per heavy atom. The number of amides is 1. The van der Waals surface area contributed by atoms with E-state index >= 15 is 0 Å². The van der Waals surface area contributed by atoms with E-state index in [9.17, 15) is 4.79 Å². The van der Waals surface area contributed by atoms with Gasteiger partial charge in [-0.3, -0.25) is 0 Å². The molecule has 100 valence electrons. The van der Waals surface area contributed by atoms with Crippen LogP contribution in [0.25, 0.3) is 0 Å². The van der Waals surface area contributed by atoms with E-state index in [1.165, 1.54) is 7.11 Å². The molecule has 0 radical (unpaired) electrons. The van der Waals surface area contributed by atoms with Crippen molar-refractivity contribution in [2.24, 2.45) is 0 Å². The summed E-state index contributed by atoms with van der Waals surface area (Å²) in [5.41, 5.74) is 0.910. The van der Waals surface area contributed by atoms with Gasteiger partial charge in [0, 0.05) is 7.11 Å². The summed E-state index contributed by atoms with van der Waals surface area (Å²) in [4.78, 5) is 11.5. The molecule has 0 aromatic heterocycles. The van der Waals surface area contributed by atoms with Crippen LogP contribution < -0.4 is 5.32 Å². The van der Waals surface area contributed by atoms with Crippen molar-refractivity contribution in [3.05, 3.63) is 35.9 Å². The van der Waals surface area contributed by atoms with Crippen molar-refractivity contribution in [1.29, 1.82) is 0 Å². The van der Waals surface area contributed by atoms with Gasteiger partial charge < -0.3 is 19.9 Å². The number of benzene rings is 1. The summed E-state index contributed by atoms with van der Waals surface area (Å²) in [6.45, 7) is 1.76. The van der Waals surface area contributed by atoms with Crippen molar-refractivity contribution < 1.29 is 19.4 Å². The molecule has 0 aliphatic carbocycles. The summed E-state index contributed by atoms with van der Waals surface area (Å²) in [7, 11) is 1.52. The minimum Gasteiger partial charge on any atom is -0.445 e. The van der Waals surface area contributed by atoms with E-state index in [-0.39, 0.29) is 19.3 Å². The zero-order valence-corrected chi connectivity index (χ0v) is 10.6. The Labute approximate surface area is 107 Å². The maximum atomic E-state index is 11.5. The highest BCUT2D eigenvalue weighted by molar-refractivity contribution is 5.67. The first-order valence-corrected chi connectivity index (χ1v) is 5.78. The summed E-state index contributed by atoms with van der Waals surface area (Å²) in [5.74, 6) is 0. The lowest BCUT2D eigenvalue weighted by Gasteiger charge is -2.21. The van der Waals surface area contributed by atoms with Crippen LogP contribution in [-0.2, 0) is 16.1 Å². The second kappa shape index (κ2) is 7.68. The van der Waals surface area contributed by atoms with Crippen LogP contribution in [0.1, 0.15) is 12.5 Å². The molecule has 1 amide bonds. The van der Waals surface area contributed by atoms with Gasteiger partial charge in [0.05, 0.1) is 18.8 Å². The Morgan fingerprint density at radius 2 is 2.06 bits per heavy atom. The molecule has 0 bridgehead atoms. The smallest absolute Gasteiger partial charge is 0.407 e. The molecule has 18 heavy (non-hydrogen) atoms. The standard InChI is InChI=1S/C13H19NO4/c1-10(17-2)12(8-15)14-13(16)18-9-11-6-4-3-5-7-11/h3-7,10,12,15H,8-9H2,1-2H3,(H,14,16)/t10-,12-/m1/s1. The van der Waals surface area contributed by atoms with Crippen LogP contribution in [0.2, 0.25) is 0 Å². The van der Waals surface area contributed by atoms with Gasteiger partial charge >= 0.3 is 6.09 Å². The van der Waals surface area contributed by atoms with Crippen molar-refractivity contribution >= 4 is 6.09 Å². The highest BCUT2D eigenvalue weighted by atomic mass is 16.5. The zero-order chi connectivity index (χ0) is 13.4. The zero-order valence-electron chi connectivity index (χ0n) is 10.6. The molecule has 0 saturated carbocycles. The van der Waals surface area contributed by atoms with E-state index < -0.39 is 12.1 Å². The van der Waals surface area contributed by atoms with Crippen LogP contribution in [-0.4, -0.2) is 37.1 Å². The van der Waals surface area contributed by atoms with Crippen LogP contribution in [0.3, 0.4) is 0 Å². The number of carbonyl (C=O) groups excluding carboxylic acids is 1. The van der Waals surface area contributed by atoms with Crippen LogP contribution in [0.4, 0.5) is 4.79 Å².